The molecular formula is C72H110O6. The lowest BCUT2D eigenvalue weighted by Crippen LogP contribution is -2.30. The zero-order chi connectivity index (χ0) is 56.4. The molecule has 78 heavy (non-hydrogen) atoms. The van der Waals surface area contributed by atoms with Crippen LogP contribution in [0.5, 0.6) is 0 Å². The van der Waals surface area contributed by atoms with Crippen molar-refractivity contribution in [3.05, 3.63) is 182 Å². The summed E-state index contributed by atoms with van der Waals surface area (Å²) in [4.78, 5) is 38.1. The highest BCUT2D eigenvalue weighted by Gasteiger charge is 2.19. The minimum absolute atomic E-state index is 0.115. The Balaban J connectivity index is 4.39. The molecule has 0 saturated heterocycles. The van der Waals surface area contributed by atoms with Crippen molar-refractivity contribution in [3.8, 4) is 0 Å². The number of allylic oxidation sites excluding steroid dienone is 30. The van der Waals surface area contributed by atoms with Crippen LogP contribution < -0.4 is 0 Å². The van der Waals surface area contributed by atoms with Crippen molar-refractivity contribution in [3.63, 3.8) is 0 Å². The molecule has 0 fully saturated rings. The van der Waals surface area contributed by atoms with Gasteiger partial charge in [-0.25, -0.2) is 0 Å². The lowest BCUT2D eigenvalue weighted by Gasteiger charge is -2.18. The summed E-state index contributed by atoms with van der Waals surface area (Å²) in [6.07, 6.45) is 96.2. The summed E-state index contributed by atoms with van der Waals surface area (Å²) in [5.41, 5.74) is 0. The number of ether oxygens (including phenoxy) is 3. The third-order valence-electron chi connectivity index (χ3n) is 12.1. The van der Waals surface area contributed by atoms with Gasteiger partial charge in [-0.15, -0.1) is 0 Å². The number of esters is 3. The van der Waals surface area contributed by atoms with E-state index >= 15 is 0 Å². The largest absolute Gasteiger partial charge is 0.462 e. The molecular weight excluding hydrogens is 961 g/mol. The summed E-state index contributed by atoms with van der Waals surface area (Å²) >= 11 is 0. The van der Waals surface area contributed by atoms with E-state index in [2.05, 4.69) is 203 Å². The molecule has 0 spiro atoms. The lowest BCUT2D eigenvalue weighted by atomic mass is 10.1. The van der Waals surface area contributed by atoms with Crippen LogP contribution >= 0.6 is 0 Å². The molecule has 0 radical (unpaired) electrons. The van der Waals surface area contributed by atoms with Crippen LogP contribution in [0.25, 0.3) is 0 Å². The van der Waals surface area contributed by atoms with E-state index < -0.39 is 6.10 Å². The highest BCUT2D eigenvalue weighted by Crippen LogP contribution is 2.12. The van der Waals surface area contributed by atoms with Gasteiger partial charge in [0.15, 0.2) is 6.10 Å². The minimum Gasteiger partial charge on any atom is -0.462 e. The van der Waals surface area contributed by atoms with Crippen molar-refractivity contribution in [1.82, 2.24) is 0 Å². The predicted molar refractivity (Wildman–Crippen MR) is 338 cm³/mol. The summed E-state index contributed by atoms with van der Waals surface area (Å²) in [7, 11) is 0. The monoisotopic (exact) mass is 1070 g/mol. The van der Waals surface area contributed by atoms with E-state index in [9.17, 15) is 14.4 Å². The summed E-state index contributed by atoms with van der Waals surface area (Å²) in [5, 5.41) is 0. The maximum absolute atomic E-state index is 12.8. The van der Waals surface area contributed by atoms with Crippen LogP contribution in [0.3, 0.4) is 0 Å². The van der Waals surface area contributed by atoms with E-state index in [1.165, 1.54) is 12.8 Å². The van der Waals surface area contributed by atoms with Gasteiger partial charge in [0.05, 0.1) is 0 Å². The van der Waals surface area contributed by atoms with Crippen molar-refractivity contribution in [1.29, 1.82) is 0 Å². The fourth-order valence-corrected chi connectivity index (χ4v) is 7.58. The number of hydrogen-bond donors (Lipinski definition) is 0. The summed E-state index contributed by atoms with van der Waals surface area (Å²) < 4.78 is 16.8. The second kappa shape index (κ2) is 64.0. The van der Waals surface area contributed by atoms with E-state index in [4.69, 9.17) is 14.2 Å². The van der Waals surface area contributed by atoms with Crippen LogP contribution in [0, 0.1) is 0 Å². The van der Waals surface area contributed by atoms with Crippen LogP contribution in [0.2, 0.25) is 0 Å². The SMILES string of the molecule is CC/C=C\C/C=C\C/C=C\C/C=C\C/C=C\C/C=C\C/C=C\C/C=C\C/C=C\C/C=C\CCCCC(=O)OCC(COC(=O)CCCCCCC/C=C\CCC)OC(=O)CCCCCC/C=C\C/C=C\C/C=C\C/C=C\CC. The van der Waals surface area contributed by atoms with Gasteiger partial charge in [-0.2, -0.15) is 0 Å². The molecule has 0 aromatic rings. The molecule has 1 atom stereocenters. The van der Waals surface area contributed by atoms with E-state index in [0.717, 1.165) is 173 Å². The summed E-state index contributed by atoms with van der Waals surface area (Å²) in [6.45, 7) is 6.26. The van der Waals surface area contributed by atoms with Gasteiger partial charge in [0, 0.05) is 19.3 Å². The zero-order valence-electron chi connectivity index (χ0n) is 49.6. The molecule has 434 valence electrons. The van der Waals surface area contributed by atoms with Crippen molar-refractivity contribution in [2.24, 2.45) is 0 Å². The molecule has 0 saturated carbocycles. The molecule has 6 nitrogen and oxygen atoms in total. The number of hydrogen-bond acceptors (Lipinski definition) is 6. The van der Waals surface area contributed by atoms with Gasteiger partial charge in [-0.05, 0) is 154 Å². The van der Waals surface area contributed by atoms with Crippen molar-refractivity contribution < 1.29 is 28.6 Å². The first kappa shape index (κ1) is 72.5. The Bertz CT molecular complexity index is 1850. The molecule has 0 heterocycles. The van der Waals surface area contributed by atoms with E-state index in [1.807, 2.05) is 0 Å². The molecule has 0 bridgehead atoms. The Labute approximate surface area is 478 Å². The number of carbonyl (C=O) groups is 3. The molecule has 0 aromatic heterocycles. The van der Waals surface area contributed by atoms with Gasteiger partial charge in [0.25, 0.3) is 0 Å². The van der Waals surface area contributed by atoms with Crippen molar-refractivity contribution in [2.75, 3.05) is 13.2 Å². The highest BCUT2D eigenvalue weighted by atomic mass is 16.6. The maximum atomic E-state index is 12.8. The first-order chi connectivity index (χ1) is 38.5. The second-order valence-corrected chi connectivity index (χ2v) is 19.5. The lowest BCUT2D eigenvalue weighted by molar-refractivity contribution is -0.167. The van der Waals surface area contributed by atoms with Gasteiger partial charge in [-0.3, -0.25) is 14.4 Å². The van der Waals surface area contributed by atoms with Gasteiger partial charge >= 0.3 is 17.9 Å². The highest BCUT2D eigenvalue weighted by molar-refractivity contribution is 5.71. The molecule has 0 amide bonds. The Morgan fingerprint density at radius 1 is 0.269 bits per heavy atom. The summed E-state index contributed by atoms with van der Waals surface area (Å²) in [5.74, 6) is -1.01. The molecule has 0 rings (SSSR count). The van der Waals surface area contributed by atoms with Crippen LogP contribution in [-0.4, -0.2) is 37.2 Å². The number of unbranched alkanes of at least 4 members (excludes halogenated alkanes) is 12. The molecule has 0 aliphatic carbocycles. The van der Waals surface area contributed by atoms with Crippen LogP contribution in [0.1, 0.15) is 233 Å². The van der Waals surface area contributed by atoms with Gasteiger partial charge < -0.3 is 14.2 Å². The van der Waals surface area contributed by atoms with Crippen molar-refractivity contribution >= 4 is 17.9 Å². The Morgan fingerprint density at radius 3 is 0.821 bits per heavy atom. The number of carbonyl (C=O) groups excluding carboxylic acids is 3. The smallest absolute Gasteiger partial charge is 0.306 e. The topological polar surface area (TPSA) is 78.9 Å². The molecule has 0 aromatic carbocycles. The third-order valence-corrected chi connectivity index (χ3v) is 12.1. The van der Waals surface area contributed by atoms with E-state index in [-0.39, 0.29) is 44.0 Å². The standard InChI is InChI=1S/C72H110O6/c1-4-7-10-13-16-19-22-24-26-28-29-30-31-32-33-34-35-36-37-38-39-40-41-42-43-45-46-48-50-53-56-59-62-65-71(74)77-68-69(67-76-70(73)64-61-58-55-52-21-18-15-12-9-6-3)78-72(75)66-63-60-57-54-51-49-47-44-27-25-23-20-17-14-11-8-5-2/h7-8,10-12,15-17,19-20,24-27,29-30,32-33,35-36,38-39,41-42,45-47,49-50,53,69H,4-6,9,13-14,18,21-23,28,31,34,37,40,43-44,48,51-52,54-68H2,1-3H3/b10-7-,11-8-,15-12-,19-16-,20-17-,26-24-,27-25-,30-29-,33-32-,36-35-,39-38-,42-41-,46-45-,49-47-,53-50-. The molecule has 6 heteroatoms. The molecule has 1 unspecified atom stereocenters. The average Bonchev–Trinajstić information content (AvgIpc) is 3.44. The normalized spacial score (nSPS) is 13.4. The fraction of sp³-hybridized carbons (Fsp3) is 0.542. The Kier molecular flexibility index (Phi) is 59.5. The second-order valence-electron chi connectivity index (χ2n) is 19.5. The minimum atomic E-state index is -0.822. The Hall–Kier alpha value is -5.49. The average molecular weight is 1070 g/mol. The van der Waals surface area contributed by atoms with Gasteiger partial charge in [-0.1, -0.05) is 242 Å². The van der Waals surface area contributed by atoms with Crippen LogP contribution in [0.15, 0.2) is 182 Å². The van der Waals surface area contributed by atoms with Gasteiger partial charge in [0.2, 0.25) is 0 Å². The van der Waals surface area contributed by atoms with Crippen molar-refractivity contribution in [2.45, 2.75) is 239 Å². The quantitative estimate of drug-likeness (QED) is 0.0261. The van der Waals surface area contributed by atoms with E-state index in [0.29, 0.717) is 12.8 Å². The van der Waals surface area contributed by atoms with Crippen LogP contribution in [0.4, 0.5) is 0 Å². The first-order valence-corrected chi connectivity index (χ1v) is 30.8. The van der Waals surface area contributed by atoms with Crippen LogP contribution in [-0.2, 0) is 28.6 Å². The van der Waals surface area contributed by atoms with Gasteiger partial charge in [0.1, 0.15) is 13.2 Å². The third kappa shape index (κ3) is 61.4. The van der Waals surface area contributed by atoms with E-state index in [1.54, 1.807) is 0 Å². The first-order valence-electron chi connectivity index (χ1n) is 30.8. The fourth-order valence-electron chi connectivity index (χ4n) is 7.58. The summed E-state index contributed by atoms with van der Waals surface area (Å²) in [6, 6.07) is 0. The molecule has 0 N–H and O–H groups in total. The predicted octanol–water partition coefficient (Wildman–Crippen LogP) is 21.3. The number of rotatable bonds is 53. The molecule has 0 aliphatic rings. The maximum Gasteiger partial charge on any atom is 0.306 e. The molecule has 0 aliphatic heterocycles. The Morgan fingerprint density at radius 2 is 0.500 bits per heavy atom. The zero-order valence-corrected chi connectivity index (χ0v) is 49.6.